The van der Waals surface area contributed by atoms with Crippen molar-refractivity contribution in [1.29, 1.82) is 0 Å². The first kappa shape index (κ1) is 18.9. The number of ether oxygens (including phenoxy) is 1. The SMILES string of the molecule is CCS(=O)(=O)CCOc1c(Br)cc(CNC(C)C)cc1Br. The van der Waals surface area contributed by atoms with E-state index in [9.17, 15) is 8.42 Å². The highest BCUT2D eigenvalue weighted by Crippen LogP contribution is 2.34. The lowest BCUT2D eigenvalue weighted by molar-refractivity contribution is 0.336. The highest BCUT2D eigenvalue weighted by Gasteiger charge is 2.12. The molecule has 0 aliphatic rings. The van der Waals surface area contributed by atoms with Crippen LogP contribution in [0.5, 0.6) is 5.75 Å². The predicted octanol–water partition coefficient (Wildman–Crippen LogP) is 3.52. The summed E-state index contributed by atoms with van der Waals surface area (Å²) in [7, 11) is -3.01. The molecule has 120 valence electrons. The van der Waals surface area contributed by atoms with E-state index in [1.165, 1.54) is 0 Å². The van der Waals surface area contributed by atoms with Gasteiger partial charge < -0.3 is 10.1 Å². The van der Waals surface area contributed by atoms with E-state index in [0.29, 0.717) is 11.8 Å². The molecule has 0 spiro atoms. The van der Waals surface area contributed by atoms with Gasteiger partial charge in [0.15, 0.2) is 9.84 Å². The third-order valence-corrected chi connectivity index (χ3v) is 5.70. The highest BCUT2D eigenvalue weighted by atomic mass is 79.9. The smallest absolute Gasteiger partial charge is 0.153 e. The summed E-state index contributed by atoms with van der Waals surface area (Å²) < 4.78 is 30.1. The van der Waals surface area contributed by atoms with Crippen molar-refractivity contribution in [3.05, 3.63) is 26.6 Å². The van der Waals surface area contributed by atoms with Gasteiger partial charge in [0.1, 0.15) is 12.4 Å². The van der Waals surface area contributed by atoms with Crippen molar-refractivity contribution >= 4 is 41.7 Å². The molecule has 1 N–H and O–H groups in total. The Morgan fingerprint density at radius 2 is 1.81 bits per heavy atom. The van der Waals surface area contributed by atoms with E-state index in [1.807, 2.05) is 12.1 Å². The fraction of sp³-hybridized carbons (Fsp3) is 0.571. The molecule has 1 rings (SSSR count). The zero-order valence-electron chi connectivity index (χ0n) is 12.4. The Labute approximate surface area is 143 Å². The van der Waals surface area contributed by atoms with Crippen LogP contribution in [0.3, 0.4) is 0 Å². The van der Waals surface area contributed by atoms with Crippen LogP contribution in [0.4, 0.5) is 0 Å². The molecule has 0 saturated heterocycles. The van der Waals surface area contributed by atoms with Crippen LogP contribution in [0.1, 0.15) is 26.3 Å². The molecule has 0 bridgehead atoms. The molecule has 4 nitrogen and oxygen atoms in total. The summed E-state index contributed by atoms with van der Waals surface area (Å²) in [5.41, 5.74) is 1.12. The second-order valence-electron chi connectivity index (χ2n) is 5.01. The first-order valence-corrected chi connectivity index (χ1v) is 10.2. The van der Waals surface area contributed by atoms with Crippen molar-refractivity contribution < 1.29 is 13.2 Å². The maximum Gasteiger partial charge on any atom is 0.153 e. The van der Waals surface area contributed by atoms with E-state index >= 15 is 0 Å². The summed E-state index contributed by atoms with van der Waals surface area (Å²) in [6.07, 6.45) is 0. The van der Waals surface area contributed by atoms with Crippen LogP contribution in [0, 0.1) is 0 Å². The number of sulfone groups is 1. The fourth-order valence-corrected chi connectivity index (χ4v) is 3.73. The molecule has 0 atom stereocenters. The molecule has 21 heavy (non-hydrogen) atoms. The summed E-state index contributed by atoms with van der Waals surface area (Å²) >= 11 is 6.94. The Bertz CT molecular complexity index is 551. The number of rotatable bonds is 8. The number of nitrogens with one attached hydrogen (secondary N) is 1. The average molecular weight is 443 g/mol. The summed E-state index contributed by atoms with van der Waals surface area (Å²) in [4.78, 5) is 0. The Morgan fingerprint density at radius 3 is 2.29 bits per heavy atom. The van der Waals surface area contributed by atoms with Gasteiger partial charge in [-0.25, -0.2) is 8.42 Å². The first-order valence-electron chi connectivity index (χ1n) is 6.79. The molecule has 0 heterocycles. The van der Waals surface area contributed by atoms with E-state index in [4.69, 9.17) is 4.74 Å². The number of hydrogen-bond donors (Lipinski definition) is 1. The largest absolute Gasteiger partial charge is 0.490 e. The molecule has 0 radical (unpaired) electrons. The Hall–Kier alpha value is -0.110. The maximum absolute atomic E-state index is 11.5. The topological polar surface area (TPSA) is 55.4 Å². The van der Waals surface area contributed by atoms with Gasteiger partial charge in [0.25, 0.3) is 0 Å². The zero-order chi connectivity index (χ0) is 16.0. The molecule has 0 unspecified atom stereocenters. The normalized spacial score (nSPS) is 11.9. The van der Waals surface area contributed by atoms with Crippen molar-refractivity contribution in [3.8, 4) is 5.75 Å². The van der Waals surface area contributed by atoms with Gasteiger partial charge in [0.05, 0.1) is 14.7 Å². The lowest BCUT2D eigenvalue weighted by Crippen LogP contribution is -2.21. The predicted molar refractivity (Wildman–Crippen MR) is 93.6 cm³/mol. The van der Waals surface area contributed by atoms with E-state index in [0.717, 1.165) is 21.1 Å². The van der Waals surface area contributed by atoms with Gasteiger partial charge in [0.2, 0.25) is 0 Å². The lowest BCUT2D eigenvalue weighted by atomic mass is 10.2. The summed E-state index contributed by atoms with van der Waals surface area (Å²) in [6.45, 7) is 6.74. The molecule has 7 heteroatoms. The summed E-state index contributed by atoms with van der Waals surface area (Å²) in [5.74, 6) is 0.798. The van der Waals surface area contributed by atoms with E-state index in [-0.39, 0.29) is 18.1 Å². The van der Waals surface area contributed by atoms with Crippen LogP contribution in [-0.2, 0) is 16.4 Å². The van der Waals surface area contributed by atoms with Crippen LogP contribution in [0.2, 0.25) is 0 Å². The minimum atomic E-state index is -3.01. The van der Waals surface area contributed by atoms with Crippen LogP contribution in [-0.4, -0.2) is 32.6 Å². The summed E-state index contributed by atoms with van der Waals surface area (Å²) in [5, 5.41) is 3.34. The highest BCUT2D eigenvalue weighted by molar-refractivity contribution is 9.11. The quantitative estimate of drug-likeness (QED) is 0.669. The van der Waals surface area contributed by atoms with Crippen molar-refractivity contribution in [2.45, 2.75) is 33.4 Å². The van der Waals surface area contributed by atoms with Crippen molar-refractivity contribution in [3.63, 3.8) is 0 Å². The van der Waals surface area contributed by atoms with Crippen molar-refractivity contribution in [2.75, 3.05) is 18.1 Å². The minimum absolute atomic E-state index is 0.0268. The minimum Gasteiger partial charge on any atom is -0.490 e. The van der Waals surface area contributed by atoms with Gasteiger partial charge in [-0.1, -0.05) is 20.8 Å². The lowest BCUT2D eigenvalue weighted by Gasteiger charge is -2.13. The number of benzene rings is 1. The van der Waals surface area contributed by atoms with Crippen LogP contribution in [0.15, 0.2) is 21.1 Å². The average Bonchev–Trinajstić information content (AvgIpc) is 2.39. The Morgan fingerprint density at radius 1 is 1.24 bits per heavy atom. The van der Waals surface area contributed by atoms with Gasteiger partial charge in [0, 0.05) is 18.3 Å². The standard InChI is InChI=1S/C14H21Br2NO3S/c1-4-21(18,19)6-5-20-14-12(15)7-11(8-13(14)16)9-17-10(2)3/h7-8,10,17H,4-6,9H2,1-3H3. The third-order valence-electron chi connectivity index (χ3n) is 2.85. The van der Waals surface area contributed by atoms with Crippen molar-refractivity contribution in [1.82, 2.24) is 5.32 Å². The molecular formula is C14H21Br2NO3S. The molecule has 0 aromatic heterocycles. The third kappa shape index (κ3) is 6.67. The molecule has 1 aromatic carbocycles. The Kier molecular flexibility index (Phi) is 7.67. The van der Waals surface area contributed by atoms with Gasteiger partial charge in [-0.15, -0.1) is 0 Å². The van der Waals surface area contributed by atoms with Gasteiger partial charge in [-0.3, -0.25) is 0 Å². The Balaban J connectivity index is 2.71. The van der Waals surface area contributed by atoms with Crippen molar-refractivity contribution in [2.24, 2.45) is 0 Å². The molecule has 0 aliphatic heterocycles. The molecule has 0 amide bonds. The van der Waals surface area contributed by atoms with E-state index in [1.54, 1.807) is 6.92 Å². The first-order chi connectivity index (χ1) is 9.75. The van der Waals surface area contributed by atoms with E-state index < -0.39 is 9.84 Å². The molecule has 0 aliphatic carbocycles. The zero-order valence-corrected chi connectivity index (χ0v) is 16.4. The second-order valence-corrected chi connectivity index (χ2v) is 9.19. The summed E-state index contributed by atoms with van der Waals surface area (Å²) in [6, 6.07) is 4.37. The molecule has 1 aromatic rings. The molecule has 0 saturated carbocycles. The number of halogens is 2. The van der Waals surface area contributed by atoms with Gasteiger partial charge in [-0.2, -0.15) is 0 Å². The number of hydrogen-bond acceptors (Lipinski definition) is 4. The van der Waals surface area contributed by atoms with Crippen LogP contribution < -0.4 is 10.1 Å². The van der Waals surface area contributed by atoms with E-state index in [2.05, 4.69) is 51.0 Å². The fourth-order valence-electron chi connectivity index (χ4n) is 1.59. The second kappa shape index (κ2) is 8.50. The van der Waals surface area contributed by atoms with Gasteiger partial charge in [-0.05, 0) is 49.6 Å². The molecule has 0 fully saturated rings. The van der Waals surface area contributed by atoms with Crippen LogP contribution >= 0.6 is 31.9 Å². The van der Waals surface area contributed by atoms with Gasteiger partial charge >= 0.3 is 0 Å². The van der Waals surface area contributed by atoms with Crippen LogP contribution in [0.25, 0.3) is 0 Å². The monoisotopic (exact) mass is 441 g/mol. The maximum atomic E-state index is 11.5. The molecular weight excluding hydrogens is 422 g/mol.